The molecule has 0 bridgehead atoms. The van der Waals surface area contributed by atoms with Gasteiger partial charge in [-0.3, -0.25) is 9.88 Å². The average Bonchev–Trinajstić information content (AvgIpc) is 3.13. The first-order valence-electron chi connectivity index (χ1n) is 9.72. The summed E-state index contributed by atoms with van der Waals surface area (Å²) in [5, 5.41) is 0. The van der Waals surface area contributed by atoms with Gasteiger partial charge in [0.05, 0.1) is 29.3 Å². The zero-order chi connectivity index (χ0) is 18.6. The summed E-state index contributed by atoms with van der Waals surface area (Å²) in [7, 11) is 0. The molecule has 2 heterocycles. The number of pyridine rings is 1. The fourth-order valence-corrected chi connectivity index (χ4v) is 3.87. The van der Waals surface area contributed by atoms with E-state index in [1.54, 1.807) is 0 Å². The average molecular weight is 410 g/mol. The molecule has 0 radical (unpaired) electrons. The number of aryl methyl sites for hydroxylation is 1. The predicted octanol–water partition coefficient (Wildman–Crippen LogP) is 5.65. The van der Waals surface area contributed by atoms with Gasteiger partial charge in [0.1, 0.15) is 5.82 Å². The summed E-state index contributed by atoms with van der Waals surface area (Å²) in [6, 6.07) is 12.8. The number of aromatic amines is 1. The Kier molecular flexibility index (Phi) is 9.90. The quantitative estimate of drug-likeness (QED) is 0.516. The number of nitrogens with zero attached hydrogens (tertiary/aromatic N) is 3. The van der Waals surface area contributed by atoms with Crippen LogP contribution in [0, 0.1) is 0 Å². The van der Waals surface area contributed by atoms with Crippen LogP contribution in [0.5, 0.6) is 0 Å². The number of H-pyrrole nitrogens is 1. The number of hydrogen-bond donors (Lipinski definition) is 2. The van der Waals surface area contributed by atoms with Crippen molar-refractivity contribution in [1.29, 1.82) is 0 Å². The second-order valence-corrected chi connectivity index (χ2v) is 7.34. The zero-order valence-corrected chi connectivity index (χ0v) is 15.9. The molecule has 1 atom stereocenters. The lowest BCUT2D eigenvalue weighted by Crippen LogP contribution is -2.32. The standard InChI is InChI=1S/C22H27N5.3CH4/c1-16(14-23)11-13-27(15-21-25-18-8-2-3-9-19(18)26-21)20-10-4-6-17-7-5-12-24-22(17)20;;;/h2-3,5,7-9,11-12,20H,4,6,10,13-15,23H2,1H3,(H,25,26);3*1H4/b16-11+;;;. The van der Waals surface area contributed by atoms with Crippen LogP contribution in [0.3, 0.4) is 0 Å². The summed E-state index contributed by atoms with van der Waals surface area (Å²) in [5.74, 6) is 0.998. The molecule has 0 spiro atoms. The number of para-hydroxylation sites is 2. The van der Waals surface area contributed by atoms with Gasteiger partial charge in [0.15, 0.2) is 0 Å². The van der Waals surface area contributed by atoms with Crippen molar-refractivity contribution in [2.24, 2.45) is 5.73 Å². The van der Waals surface area contributed by atoms with E-state index in [2.05, 4.69) is 41.1 Å². The summed E-state index contributed by atoms with van der Waals surface area (Å²) in [6.45, 7) is 4.30. The van der Waals surface area contributed by atoms with Crippen LogP contribution in [0.1, 0.15) is 65.2 Å². The molecule has 0 saturated heterocycles. The summed E-state index contributed by atoms with van der Waals surface area (Å²) in [5.41, 5.74) is 11.7. The first kappa shape index (κ1) is 25.5. The largest absolute Gasteiger partial charge is 0.341 e. The molecule has 164 valence electrons. The summed E-state index contributed by atoms with van der Waals surface area (Å²) < 4.78 is 0. The van der Waals surface area contributed by atoms with Gasteiger partial charge in [-0.2, -0.15) is 0 Å². The third kappa shape index (κ3) is 5.55. The maximum absolute atomic E-state index is 5.80. The highest BCUT2D eigenvalue weighted by molar-refractivity contribution is 5.74. The Morgan fingerprint density at radius 2 is 2.00 bits per heavy atom. The van der Waals surface area contributed by atoms with Crippen molar-refractivity contribution in [3.05, 3.63) is 71.3 Å². The number of rotatable bonds is 6. The van der Waals surface area contributed by atoms with E-state index in [0.717, 1.165) is 42.8 Å². The van der Waals surface area contributed by atoms with Crippen LogP contribution in [0.25, 0.3) is 11.0 Å². The molecule has 0 amide bonds. The lowest BCUT2D eigenvalue weighted by atomic mass is 9.90. The maximum Gasteiger partial charge on any atom is 0.121 e. The van der Waals surface area contributed by atoms with Crippen LogP contribution in [0.15, 0.2) is 54.2 Å². The molecular weight excluding hydrogens is 370 g/mol. The van der Waals surface area contributed by atoms with Crippen molar-refractivity contribution in [1.82, 2.24) is 19.9 Å². The molecule has 5 nitrogen and oxygen atoms in total. The van der Waals surface area contributed by atoms with E-state index in [1.165, 1.54) is 23.3 Å². The van der Waals surface area contributed by atoms with Crippen molar-refractivity contribution in [3.8, 4) is 0 Å². The van der Waals surface area contributed by atoms with Crippen LogP contribution in [0.4, 0.5) is 0 Å². The van der Waals surface area contributed by atoms with Crippen molar-refractivity contribution < 1.29 is 0 Å². The van der Waals surface area contributed by atoms with Gasteiger partial charge in [-0.1, -0.05) is 52.1 Å². The Hall–Kier alpha value is -2.50. The molecule has 1 aliphatic rings. The van der Waals surface area contributed by atoms with Crippen LogP contribution in [-0.4, -0.2) is 32.9 Å². The van der Waals surface area contributed by atoms with Gasteiger partial charge in [0, 0.05) is 19.3 Å². The fourth-order valence-electron chi connectivity index (χ4n) is 3.87. The lowest BCUT2D eigenvalue weighted by Gasteiger charge is -2.34. The Balaban J connectivity index is 0.00000150. The number of nitrogens with two attached hydrogens (primary N) is 1. The van der Waals surface area contributed by atoms with E-state index in [1.807, 2.05) is 24.4 Å². The third-order valence-electron chi connectivity index (χ3n) is 5.39. The van der Waals surface area contributed by atoms with Crippen LogP contribution in [0.2, 0.25) is 0 Å². The Morgan fingerprint density at radius 3 is 2.77 bits per heavy atom. The maximum atomic E-state index is 5.80. The minimum atomic E-state index is 0. The summed E-state index contributed by atoms with van der Waals surface area (Å²) in [6.07, 6.45) is 7.59. The number of imidazole rings is 1. The molecule has 0 fully saturated rings. The van der Waals surface area contributed by atoms with Crippen LogP contribution < -0.4 is 5.73 Å². The summed E-state index contributed by atoms with van der Waals surface area (Å²) in [4.78, 5) is 15.5. The highest BCUT2D eigenvalue weighted by Gasteiger charge is 2.27. The van der Waals surface area contributed by atoms with Crippen LogP contribution >= 0.6 is 0 Å². The minimum absolute atomic E-state index is 0. The molecule has 0 saturated carbocycles. The minimum Gasteiger partial charge on any atom is -0.341 e. The topological polar surface area (TPSA) is 70.8 Å². The van der Waals surface area contributed by atoms with Gasteiger partial charge >= 0.3 is 0 Å². The molecule has 1 unspecified atom stereocenters. The highest BCUT2D eigenvalue weighted by atomic mass is 15.2. The first-order chi connectivity index (χ1) is 13.2. The predicted molar refractivity (Wildman–Crippen MR) is 129 cm³/mol. The smallest absolute Gasteiger partial charge is 0.121 e. The van der Waals surface area contributed by atoms with Gasteiger partial charge in [-0.15, -0.1) is 0 Å². The molecule has 4 rings (SSSR count). The Labute approximate surface area is 182 Å². The van der Waals surface area contributed by atoms with Gasteiger partial charge < -0.3 is 10.7 Å². The Morgan fingerprint density at radius 1 is 1.20 bits per heavy atom. The normalized spacial score (nSPS) is 15.7. The van der Waals surface area contributed by atoms with E-state index in [9.17, 15) is 0 Å². The van der Waals surface area contributed by atoms with Crippen molar-refractivity contribution in [3.63, 3.8) is 0 Å². The van der Waals surface area contributed by atoms with E-state index in [0.29, 0.717) is 12.6 Å². The van der Waals surface area contributed by atoms with Gasteiger partial charge in [0.2, 0.25) is 0 Å². The molecular formula is C25H39N5. The van der Waals surface area contributed by atoms with E-state index in [-0.39, 0.29) is 22.3 Å². The number of benzene rings is 1. The van der Waals surface area contributed by atoms with Crippen molar-refractivity contribution in [2.45, 2.75) is 61.1 Å². The molecule has 1 aromatic carbocycles. The monoisotopic (exact) mass is 409 g/mol. The number of aromatic nitrogens is 3. The second kappa shape index (κ2) is 11.6. The molecule has 3 N–H and O–H groups in total. The molecule has 0 aliphatic heterocycles. The van der Waals surface area contributed by atoms with E-state index < -0.39 is 0 Å². The first-order valence-corrected chi connectivity index (χ1v) is 9.72. The molecule has 5 heteroatoms. The van der Waals surface area contributed by atoms with E-state index in [4.69, 9.17) is 15.7 Å². The van der Waals surface area contributed by atoms with Crippen molar-refractivity contribution in [2.75, 3.05) is 13.1 Å². The zero-order valence-electron chi connectivity index (χ0n) is 15.9. The summed E-state index contributed by atoms with van der Waals surface area (Å²) >= 11 is 0. The van der Waals surface area contributed by atoms with Gasteiger partial charge in [-0.05, 0) is 49.9 Å². The number of nitrogens with one attached hydrogen (secondary N) is 1. The molecule has 1 aliphatic carbocycles. The number of hydrogen-bond acceptors (Lipinski definition) is 4. The molecule has 3 aromatic rings. The van der Waals surface area contributed by atoms with Crippen molar-refractivity contribution >= 4 is 11.0 Å². The SMILES string of the molecule is C.C.C.C/C(=C\CN(Cc1nc2ccccc2[nH]1)C1CCCc2cccnc21)CN. The lowest BCUT2D eigenvalue weighted by molar-refractivity contribution is 0.181. The molecule has 30 heavy (non-hydrogen) atoms. The highest BCUT2D eigenvalue weighted by Crippen LogP contribution is 2.33. The van der Waals surface area contributed by atoms with Crippen LogP contribution in [-0.2, 0) is 13.0 Å². The van der Waals surface area contributed by atoms with E-state index >= 15 is 0 Å². The fraction of sp³-hybridized carbons (Fsp3) is 0.440. The van der Waals surface area contributed by atoms with Gasteiger partial charge in [0.25, 0.3) is 0 Å². The Bertz CT molecular complexity index is 910. The number of fused-ring (bicyclic) bond motifs is 2. The molecule has 2 aromatic heterocycles. The van der Waals surface area contributed by atoms with Gasteiger partial charge in [-0.25, -0.2) is 4.98 Å². The third-order valence-corrected chi connectivity index (χ3v) is 5.39. The second-order valence-electron chi connectivity index (χ2n) is 7.34.